The number of ether oxygens (including phenoxy) is 1. The molecule has 5 nitrogen and oxygen atoms in total. The van der Waals surface area contributed by atoms with Crippen molar-refractivity contribution in [2.75, 3.05) is 50.1 Å². The molecule has 1 fully saturated rings. The molecule has 0 unspecified atom stereocenters. The van der Waals surface area contributed by atoms with Crippen molar-refractivity contribution in [2.45, 2.75) is 25.7 Å². The molecule has 1 saturated heterocycles. The lowest BCUT2D eigenvalue weighted by Crippen LogP contribution is -2.87. The van der Waals surface area contributed by atoms with Crippen LogP contribution >= 0.6 is 0 Å². The highest BCUT2D eigenvalue weighted by atomic mass is 16.5. The van der Waals surface area contributed by atoms with Gasteiger partial charge in [0.25, 0.3) is 5.91 Å². The van der Waals surface area contributed by atoms with Crippen LogP contribution in [0.15, 0.2) is 24.3 Å². The lowest BCUT2D eigenvalue weighted by atomic mass is 10.2. The van der Waals surface area contributed by atoms with E-state index in [9.17, 15) is 4.79 Å². The van der Waals surface area contributed by atoms with Gasteiger partial charge in [-0.25, -0.2) is 0 Å². The Morgan fingerprint density at radius 3 is 2.68 bits per heavy atom. The number of methoxy groups -OCH3 is 1. The number of nitrogens with one attached hydrogen (secondary N) is 1. The fourth-order valence-corrected chi connectivity index (χ4v) is 2.80. The van der Waals surface area contributed by atoms with Gasteiger partial charge in [0.15, 0.2) is 6.54 Å². The summed E-state index contributed by atoms with van der Waals surface area (Å²) in [4.78, 5) is 14.5. The van der Waals surface area contributed by atoms with Gasteiger partial charge in [0, 0.05) is 20.2 Å². The Morgan fingerprint density at radius 2 is 1.95 bits per heavy atom. The van der Waals surface area contributed by atoms with Crippen LogP contribution in [-0.4, -0.2) is 45.8 Å². The predicted molar refractivity (Wildman–Crippen MR) is 89.3 cm³/mol. The summed E-state index contributed by atoms with van der Waals surface area (Å²) < 4.78 is 4.98. The van der Waals surface area contributed by atoms with Crippen LogP contribution in [0.2, 0.25) is 0 Å². The number of nitrogens with two attached hydrogens (primary N) is 1. The number of nitrogens with zero attached hydrogens (tertiary/aromatic N) is 1. The number of carbonyl (C=O) groups excluding carboxylic acids is 1. The predicted octanol–water partition coefficient (Wildman–Crippen LogP) is 1.22. The largest absolute Gasteiger partial charge is 0.379 e. The number of rotatable bonds is 7. The summed E-state index contributed by atoms with van der Waals surface area (Å²) in [5.41, 5.74) is 2.07. The second kappa shape index (κ2) is 9.43. The van der Waals surface area contributed by atoms with Gasteiger partial charge in [-0.05, 0) is 25.0 Å². The number of hydrogen-bond donors (Lipinski definition) is 2. The highest BCUT2D eigenvalue weighted by Gasteiger charge is 2.15. The zero-order valence-corrected chi connectivity index (χ0v) is 13.5. The van der Waals surface area contributed by atoms with Crippen LogP contribution < -0.4 is 15.5 Å². The molecule has 1 aromatic carbocycles. The van der Waals surface area contributed by atoms with Crippen LogP contribution in [-0.2, 0) is 9.53 Å². The van der Waals surface area contributed by atoms with Gasteiger partial charge in [-0.3, -0.25) is 4.79 Å². The summed E-state index contributed by atoms with van der Waals surface area (Å²) >= 11 is 0. The molecule has 1 aliphatic rings. The molecule has 0 bridgehead atoms. The maximum absolute atomic E-state index is 12.1. The van der Waals surface area contributed by atoms with Crippen molar-refractivity contribution in [1.29, 1.82) is 0 Å². The summed E-state index contributed by atoms with van der Waals surface area (Å²) in [6.07, 6.45) is 5.07. The van der Waals surface area contributed by atoms with Crippen LogP contribution in [0.25, 0.3) is 0 Å². The number of amides is 1. The minimum absolute atomic E-state index is 0.0402. The molecule has 0 saturated carbocycles. The van der Waals surface area contributed by atoms with Gasteiger partial charge in [0.05, 0.1) is 24.5 Å². The number of quaternary nitrogens is 1. The van der Waals surface area contributed by atoms with E-state index in [0.29, 0.717) is 13.2 Å². The van der Waals surface area contributed by atoms with E-state index in [1.54, 1.807) is 7.11 Å². The lowest BCUT2D eigenvalue weighted by molar-refractivity contribution is -0.645. The van der Waals surface area contributed by atoms with E-state index in [4.69, 9.17) is 4.74 Å². The molecular formula is C17H28N3O2+. The molecular weight excluding hydrogens is 278 g/mol. The molecule has 1 amide bonds. The van der Waals surface area contributed by atoms with Gasteiger partial charge in [-0.2, -0.15) is 0 Å². The highest BCUT2D eigenvalue weighted by molar-refractivity contribution is 5.94. The van der Waals surface area contributed by atoms with E-state index >= 15 is 0 Å². The van der Waals surface area contributed by atoms with Crippen LogP contribution in [0.5, 0.6) is 0 Å². The van der Waals surface area contributed by atoms with Crippen molar-refractivity contribution in [3.63, 3.8) is 0 Å². The molecule has 122 valence electrons. The summed E-state index contributed by atoms with van der Waals surface area (Å²) in [6.45, 7) is 4.05. The lowest BCUT2D eigenvalue weighted by Gasteiger charge is -2.25. The number of carbonyl (C=O) groups is 1. The standard InChI is InChI=1S/C17H27N3O2/c1-22-13-10-18-14-17(21)19-15-8-4-5-9-16(15)20-11-6-2-3-7-12-20/h4-5,8-9,18H,2-3,6-7,10-14H2,1H3,(H,19,21)/p+1. The van der Waals surface area contributed by atoms with Gasteiger partial charge in [0.2, 0.25) is 0 Å². The summed E-state index contributed by atoms with van der Waals surface area (Å²) in [5.74, 6) is 0.0402. The Hall–Kier alpha value is -1.59. The molecule has 0 spiro atoms. The first kappa shape index (κ1) is 16.8. The number of hydrogen-bond acceptors (Lipinski definition) is 3. The van der Waals surface area contributed by atoms with Crippen LogP contribution in [0, 0.1) is 0 Å². The third kappa shape index (κ3) is 5.31. The Bertz CT molecular complexity index is 457. The minimum atomic E-state index is 0.0402. The SMILES string of the molecule is COCC[NH2+]CC(=O)Nc1ccccc1N1CCCCCC1. The van der Waals surface area contributed by atoms with Crippen molar-refractivity contribution in [1.82, 2.24) is 0 Å². The average Bonchev–Trinajstić information content (AvgIpc) is 2.81. The van der Waals surface area contributed by atoms with Gasteiger partial charge in [-0.1, -0.05) is 25.0 Å². The second-order valence-corrected chi connectivity index (χ2v) is 5.74. The van der Waals surface area contributed by atoms with Gasteiger partial charge in [0.1, 0.15) is 0 Å². The molecule has 1 aromatic rings. The Balaban J connectivity index is 1.94. The molecule has 1 aliphatic heterocycles. The fraction of sp³-hybridized carbons (Fsp3) is 0.588. The van der Waals surface area contributed by atoms with Gasteiger partial charge in [-0.15, -0.1) is 0 Å². The molecule has 22 heavy (non-hydrogen) atoms. The van der Waals surface area contributed by atoms with E-state index in [1.807, 2.05) is 23.5 Å². The Kier molecular flexibility index (Phi) is 7.19. The van der Waals surface area contributed by atoms with E-state index < -0.39 is 0 Å². The fourth-order valence-electron chi connectivity index (χ4n) is 2.80. The third-order valence-electron chi connectivity index (χ3n) is 3.98. The molecule has 0 aromatic heterocycles. The Labute approximate surface area is 133 Å². The first-order valence-corrected chi connectivity index (χ1v) is 8.25. The molecule has 5 heteroatoms. The van der Waals surface area contributed by atoms with E-state index in [2.05, 4.69) is 16.3 Å². The molecule has 0 radical (unpaired) electrons. The second-order valence-electron chi connectivity index (χ2n) is 5.74. The maximum atomic E-state index is 12.1. The van der Waals surface area contributed by atoms with Gasteiger partial charge < -0.3 is 20.3 Å². The molecule has 0 atom stereocenters. The normalized spacial score (nSPS) is 15.4. The smallest absolute Gasteiger partial charge is 0.279 e. The third-order valence-corrected chi connectivity index (χ3v) is 3.98. The number of anilines is 2. The van der Waals surface area contributed by atoms with E-state index in [-0.39, 0.29) is 5.91 Å². The first-order chi connectivity index (χ1) is 10.8. The van der Waals surface area contributed by atoms with E-state index in [1.165, 1.54) is 25.7 Å². The van der Waals surface area contributed by atoms with Crippen molar-refractivity contribution in [3.8, 4) is 0 Å². The Morgan fingerprint density at radius 1 is 1.23 bits per heavy atom. The van der Waals surface area contributed by atoms with Gasteiger partial charge >= 0.3 is 0 Å². The van der Waals surface area contributed by atoms with Crippen LogP contribution in [0.1, 0.15) is 25.7 Å². The van der Waals surface area contributed by atoms with Crippen molar-refractivity contribution >= 4 is 17.3 Å². The monoisotopic (exact) mass is 306 g/mol. The number of benzene rings is 1. The van der Waals surface area contributed by atoms with Crippen molar-refractivity contribution in [3.05, 3.63) is 24.3 Å². The topological polar surface area (TPSA) is 58.2 Å². The van der Waals surface area contributed by atoms with Crippen molar-refractivity contribution in [2.24, 2.45) is 0 Å². The number of para-hydroxylation sites is 2. The quantitative estimate of drug-likeness (QED) is 0.745. The average molecular weight is 306 g/mol. The molecule has 1 heterocycles. The summed E-state index contributed by atoms with van der Waals surface area (Å²) in [7, 11) is 1.67. The highest BCUT2D eigenvalue weighted by Crippen LogP contribution is 2.27. The van der Waals surface area contributed by atoms with Crippen molar-refractivity contribution < 1.29 is 14.8 Å². The summed E-state index contributed by atoms with van der Waals surface area (Å²) in [6, 6.07) is 8.12. The van der Waals surface area contributed by atoms with Crippen LogP contribution in [0.3, 0.4) is 0 Å². The summed E-state index contributed by atoms with van der Waals surface area (Å²) in [5, 5.41) is 5.02. The molecule has 3 N–H and O–H groups in total. The first-order valence-electron chi connectivity index (χ1n) is 8.25. The maximum Gasteiger partial charge on any atom is 0.279 e. The van der Waals surface area contributed by atoms with Crippen LogP contribution in [0.4, 0.5) is 11.4 Å². The molecule has 2 rings (SSSR count). The zero-order valence-electron chi connectivity index (χ0n) is 13.5. The molecule has 0 aliphatic carbocycles. The minimum Gasteiger partial charge on any atom is -0.379 e. The zero-order chi connectivity index (χ0) is 15.6. The van der Waals surface area contributed by atoms with E-state index in [0.717, 1.165) is 31.0 Å².